The number of benzene rings is 2. The van der Waals surface area contributed by atoms with Gasteiger partial charge in [-0.15, -0.1) is 0 Å². The van der Waals surface area contributed by atoms with Crippen LogP contribution in [0.3, 0.4) is 0 Å². The van der Waals surface area contributed by atoms with Crippen molar-refractivity contribution in [2.45, 2.75) is 47.1 Å². The van der Waals surface area contributed by atoms with E-state index in [0.717, 1.165) is 29.2 Å². The van der Waals surface area contributed by atoms with Gasteiger partial charge in [-0.2, -0.15) is 0 Å². The van der Waals surface area contributed by atoms with Crippen LogP contribution in [0.1, 0.15) is 39.1 Å². The normalized spacial score (nSPS) is 15.0. The number of fused-ring (bicyclic) bond motifs is 1. The standard InChI is InChI=1S/C26H28ClNO/c1-17(2)23(29)14-21-24(19-10-12-20(27)13-11-19)25(18-8-6-5-7-9-18)22-15-26(3,4)16-28(21)22/h5-13,17H,14-16H2,1-4H3. The van der Waals surface area contributed by atoms with Crippen LogP contribution < -0.4 is 0 Å². The number of aromatic nitrogens is 1. The van der Waals surface area contributed by atoms with Gasteiger partial charge in [0.05, 0.1) is 0 Å². The molecule has 0 aliphatic carbocycles. The second-order valence-corrected chi connectivity index (χ2v) is 9.68. The van der Waals surface area contributed by atoms with Crippen molar-refractivity contribution in [2.24, 2.45) is 11.3 Å². The molecule has 0 amide bonds. The van der Waals surface area contributed by atoms with Gasteiger partial charge in [-0.3, -0.25) is 4.79 Å². The van der Waals surface area contributed by atoms with Crippen molar-refractivity contribution in [1.29, 1.82) is 0 Å². The Balaban J connectivity index is 2.01. The first-order valence-electron chi connectivity index (χ1n) is 10.3. The molecule has 0 fully saturated rings. The number of hydrogen-bond donors (Lipinski definition) is 0. The van der Waals surface area contributed by atoms with Gasteiger partial charge in [-0.1, -0.05) is 81.8 Å². The van der Waals surface area contributed by atoms with E-state index in [9.17, 15) is 4.79 Å². The molecule has 0 N–H and O–H groups in total. The van der Waals surface area contributed by atoms with Crippen LogP contribution in [0.4, 0.5) is 0 Å². The Morgan fingerprint density at radius 2 is 1.62 bits per heavy atom. The van der Waals surface area contributed by atoms with Crippen LogP contribution in [0.5, 0.6) is 0 Å². The van der Waals surface area contributed by atoms with Crippen molar-refractivity contribution in [3.05, 3.63) is 71.0 Å². The molecular formula is C26H28ClNO. The summed E-state index contributed by atoms with van der Waals surface area (Å²) in [6.07, 6.45) is 1.47. The summed E-state index contributed by atoms with van der Waals surface area (Å²) in [6, 6.07) is 18.6. The number of hydrogen-bond acceptors (Lipinski definition) is 1. The minimum Gasteiger partial charge on any atom is -0.346 e. The fourth-order valence-electron chi connectivity index (χ4n) is 4.43. The number of Topliss-reactive ketones (excluding diaryl/α,β-unsaturated/α-hetero) is 1. The Kier molecular flexibility index (Phi) is 5.16. The quantitative estimate of drug-likeness (QED) is 0.456. The van der Waals surface area contributed by atoms with Gasteiger partial charge < -0.3 is 4.57 Å². The number of carbonyl (C=O) groups is 1. The average molecular weight is 406 g/mol. The largest absolute Gasteiger partial charge is 0.346 e. The maximum absolute atomic E-state index is 12.8. The Hall–Kier alpha value is -2.32. The molecule has 0 radical (unpaired) electrons. The number of halogens is 1. The third-order valence-corrected chi connectivity index (χ3v) is 6.14. The molecule has 3 heteroatoms. The molecule has 0 bridgehead atoms. The monoisotopic (exact) mass is 405 g/mol. The first-order valence-corrected chi connectivity index (χ1v) is 10.7. The zero-order valence-corrected chi connectivity index (χ0v) is 18.4. The highest BCUT2D eigenvalue weighted by Gasteiger charge is 2.36. The molecule has 0 spiro atoms. The summed E-state index contributed by atoms with van der Waals surface area (Å²) in [5.74, 6) is 0.304. The lowest BCUT2D eigenvalue weighted by molar-refractivity contribution is -0.121. The Bertz CT molecular complexity index is 1040. The van der Waals surface area contributed by atoms with Crippen LogP contribution in [0, 0.1) is 11.3 Å². The predicted octanol–water partition coefficient (Wildman–Crippen LogP) is 6.83. The number of ketones is 1. The molecule has 29 heavy (non-hydrogen) atoms. The number of nitrogens with zero attached hydrogens (tertiary/aromatic N) is 1. The van der Waals surface area contributed by atoms with Gasteiger partial charge in [-0.25, -0.2) is 0 Å². The van der Waals surface area contributed by atoms with Gasteiger partial charge in [-0.05, 0) is 35.1 Å². The SMILES string of the molecule is CC(C)C(=O)Cc1c(-c2ccc(Cl)cc2)c(-c2ccccc2)c2n1CC(C)(C)C2. The van der Waals surface area contributed by atoms with Crippen molar-refractivity contribution in [1.82, 2.24) is 4.57 Å². The van der Waals surface area contributed by atoms with Gasteiger partial charge in [0.15, 0.2) is 0 Å². The van der Waals surface area contributed by atoms with E-state index in [-0.39, 0.29) is 17.1 Å². The van der Waals surface area contributed by atoms with Crippen molar-refractivity contribution >= 4 is 17.4 Å². The minimum atomic E-state index is 0.0220. The molecule has 1 aromatic heterocycles. The first-order chi connectivity index (χ1) is 13.8. The van der Waals surface area contributed by atoms with Crippen LogP contribution in [-0.4, -0.2) is 10.4 Å². The predicted molar refractivity (Wildman–Crippen MR) is 121 cm³/mol. The fourth-order valence-corrected chi connectivity index (χ4v) is 4.56. The van der Waals surface area contributed by atoms with E-state index in [4.69, 9.17) is 11.6 Å². The molecule has 2 aromatic carbocycles. The minimum absolute atomic E-state index is 0.0220. The van der Waals surface area contributed by atoms with Crippen LogP contribution >= 0.6 is 11.6 Å². The molecule has 3 aromatic rings. The summed E-state index contributed by atoms with van der Waals surface area (Å²) in [5, 5.41) is 0.725. The molecule has 0 atom stereocenters. The maximum atomic E-state index is 12.8. The van der Waals surface area contributed by atoms with Gasteiger partial charge in [0.25, 0.3) is 0 Å². The van der Waals surface area contributed by atoms with Crippen LogP contribution in [-0.2, 0) is 24.2 Å². The van der Waals surface area contributed by atoms with Gasteiger partial charge in [0, 0.05) is 46.4 Å². The highest BCUT2D eigenvalue weighted by atomic mass is 35.5. The molecule has 1 aliphatic heterocycles. The van der Waals surface area contributed by atoms with E-state index in [1.807, 2.05) is 26.0 Å². The molecule has 2 heterocycles. The van der Waals surface area contributed by atoms with Crippen molar-refractivity contribution in [3.8, 4) is 22.3 Å². The van der Waals surface area contributed by atoms with Gasteiger partial charge in [0.2, 0.25) is 0 Å². The van der Waals surface area contributed by atoms with Crippen LogP contribution in [0.15, 0.2) is 54.6 Å². The fraction of sp³-hybridized carbons (Fsp3) is 0.346. The second kappa shape index (κ2) is 7.50. The van der Waals surface area contributed by atoms with E-state index < -0.39 is 0 Å². The highest BCUT2D eigenvalue weighted by molar-refractivity contribution is 6.30. The molecular weight excluding hydrogens is 378 g/mol. The lowest BCUT2D eigenvalue weighted by Crippen LogP contribution is -2.17. The second-order valence-electron chi connectivity index (χ2n) is 9.24. The first kappa shape index (κ1) is 20.0. The van der Waals surface area contributed by atoms with E-state index in [2.05, 4.69) is 60.9 Å². The Morgan fingerprint density at radius 3 is 2.24 bits per heavy atom. The summed E-state index contributed by atoms with van der Waals surface area (Å²) < 4.78 is 2.42. The van der Waals surface area contributed by atoms with E-state index in [1.165, 1.54) is 22.4 Å². The van der Waals surface area contributed by atoms with Crippen molar-refractivity contribution in [2.75, 3.05) is 0 Å². The van der Waals surface area contributed by atoms with E-state index in [1.54, 1.807) is 0 Å². The van der Waals surface area contributed by atoms with E-state index >= 15 is 0 Å². The van der Waals surface area contributed by atoms with Gasteiger partial charge in [0.1, 0.15) is 5.78 Å². The molecule has 1 aliphatic rings. The third kappa shape index (κ3) is 3.79. The number of rotatable bonds is 5. The molecule has 2 nitrogen and oxygen atoms in total. The topological polar surface area (TPSA) is 22.0 Å². The summed E-state index contributed by atoms with van der Waals surface area (Å²) in [6.45, 7) is 9.53. The Labute approximate surface area is 178 Å². The summed E-state index contributed by atoms with van der Waals surface area (Å²) >= 11 is 6.17. The zero-order chi connectivity index (χ0) is 20.8. The molecule has 150 valence electrons. The van der Waals surface area contributed by atoms with E-state index in [0.29, 0.717) is 6.42 Å². The van der Waals surface area contributed by atoms with Crippen LogP contribution in [0.25, 0.3) is 22.3 Å². The lowest BCUT2D eigenvalue weighted by atomic mass is 9.86. The maximum Gasteiger partial charge on any atom is 0.141 e. The molecule has 0 saturated carbocycles. The molecule has 0 unspecified atom stereocenters. The summed E-state index contributed by atoms with van der Waals surface area (Å²) in [5.41, 5.74) is 7.47. The zero-order valence-electron chi connectivity index (χ0n) is 17.6. The third-order valence-electron chi connectivity index (χ3n) is 5.89. The van der Waals surface area contributed by atoms with Crippen molar-refractivity contribution < 1.29 is 4.79 Å². The van der Waals surface area contributed by atoms with Crippen molar-refractivity contribution in [3.63, 3.8) is 0 Å². The summed E-state index contributed by atoms with van der Waals surface area (Å²) in [4.78, 5) is 12.8. The Morgan fingerprint density at radius 1 is 1.00 bits per heavy atom. The number of carbonyl (C=O) groups excluding carboxylic acids is 1. The highest BCUT2D eigenvalue weighted by Crippen LogP contribution is 2.47. The lowest BCUT2D eigenvalue weighted by Gasteiger charge is -2.19. The van der Waals surface area contributed by atoms with Gasteiger partial charge >= 0.3 is 0 Å². The van der Waals surface area contributed by atoms with Crippen LogP contribution in [0.2, 0.25) is 5.02 Å². The summed E-state index contributed by atoms with van der Waals surface area (Å²) in [7, 11) is 0. The smallest absolute Gasteiger partial charge is 0.141 e. The molecule has 0 saturated heterocycles. The average Bonchev–Trinajstić information content (AvgIpc) is 3.14. The molecule has 4 rings (SSSR count).